The smallest absolute Gasteiger partial charge is 0.344 e. The molecule has 0 amide bonds. The zero-order valence-corrected chi connectivity index (χ0v) is 10.2. The Morgan fingerprint density at radius 1 is 1.41 bits per heavy atom. The van der Waals surface area contributed by atoms with Crippen LogP contribution in [0.4, 0.5) is 5.69 Å². The summed E-state index contributed by atoms with van der Waals surface area (Å²) in [6.45, 7) is 4.71. The highest BCUT2D eigenvalue weighted by molar-refractivity contribution is 5.83. The Morgan fingerprint density at radius 2 is 2.06 bits per heavy atom. The van der Waals surface area contributed by atoms with Crippen LogP contribution in [0.15, 0.2) is 18.2 Å². The zero-order valence-electron chi connectivity index (χ0n) is 10.2. The van der Waals surface area contributed by atoms with E-state index in [2.05, 4.69) is 10.6 Å². The molecule has 1 saturated heterocycles. The molecule has 3 N–H and O–H groups in total. The van der Waals surface area contributed by atoms with E-state index >= 15 is 0 Å². The average Bonchev–Trinajstić information content (AvgIpc) is 2.73. The molecule has 0 aliphatic carbocycles. The minimum atomic E-state index is -1.00. The lowest BCUT2D eigenvalue weighted by molar-refractivity contribution is -0.142. The van der Waals surface area contributed by atoms with Crippen molar-refractivity contribution in [1.82, 2.24) is 5.32 Å². The minimum absolute atomic E-state index is 0.607. The first-order chi connectivity index (χ1) is 8.05. The van der Waals surface area contributed by atoms with Crippen molar-refractivity contribution < 1.29 is 9.90 Å². The Morgan fingerprint density at radius 3 is 2.53 bits per heavy atom. The van der Waals surface area contributed by atoms with Gasteiger partial charge in [0.15, 0.2) is 5.66 Å². The van der Waals surface area contributed by atoms with Crippen molar-refractivity contribution in [2.75, 3.05) is 11.9 Å². The van der Waals surface area contributed by atoms with Gasteiger partial charge in [0.2, 0.25) is 0 Å². The van der Waals surface area contributed by atoms with Gasteiger partial charge in [0.25, 0.3) is 0 Å². The largest absolute Gasteiger partial charge is 0.478 e. The normalized spacial score (nSPS) is 23.6. The molecule has 0 saturated carbocycles. The second-order valence-electron chi connectivity index (χ2n) is 4.63. The SMILES string of the molecule is Cc1cccc(C)c1N[C@@]1(C(=O)O)CCCN1. The van der Waals surface area contributed by atoms with Gasteiger partial charge in [-0.15, -0.1) is 0 Å². The van der Waals surface area contributed by atoms with Gasteiger partial charge in [-0.25, -0.2) is 4.79 Å². The first kappa shape index (κ1) is 11.9. The molecule has 0 spiro atoms. The molecule has 4 heteroatoms. The van der Waals surface area contributed by atoms with Crippen LogP contribution in [0.2, 0.25) is 0 Å². The Bertz CT molecular complexity index is 417. The van der Waals surface area contributed by atoms with Crippen LogP contribution >= 0.6 is 0 Å². The number of carboxylic acid groups (broad SMARTS) is 1. The van der Waals surface area contributed by atoms with E-state index in [4.69, 9.17) is 0 Å². The maximum Gasteiger partial charge on any atom is 0.344 e. The van der Waals surface area contributed by atoms with E-state index in [0.717, 1.165) is 29.8 Å². The molecular weight excluding hydrogens is 216 g/mol. The van der Waals surface area contributed by atoms with Crippen LogP contribution in [0.5, 0.6) is 0 Å². The number of hydrogen-bond acceptors (Lipinski definition) is 3. The monoisotopic (exact) mass is 234 g/mol. The lowest BCUT2D eigenvalue weighted by Gasteiger charge is -2.28. The van der Waals surface area contributed by atoms with E-state index < -0.39 is 11.6 Å². The molecule has 0 radical (unpaired) electrons. The maximum atomic E-state index is 11.4. The van der Waals surface area contributed by atoms with Crippen LogP contribution in [0, 0.1) is 13.8 Å². The number of carbonyl (C=O) groups is 1. The highest BCUT2D eigenvalue weighted by Crippen LogP contribution is 2.27. The van der Waals surface area contributed by atoms with Gasteiger partial charge in [0, 0.05) is 5.69 Å². The molecular formula is C13H18N2O2. The topological polar surface area (TPSA) is 61.4 Å². The van der Waals surface area contributed by atoms with Crippen LogP contribution < -0.4 is 10.6 Å². The number of aryl methyl sites for hydroxylation is 2. The van der Waals surface area contributed by atoms with E-state index in [1.54, 1.807) is 0 Å². The Labute approximate surface area is 101 Å². The number of carboxylic acids is 1. The molecule has 0 aromatic heterocycles. The van der Waals surface area contributed by atoms with E-state index in [-0.39, 0.29) is 0 Å². The van der Waals surface area contributed by atoms with Gasteiger partial charge in [0.05, 0.1) is 0 Å². The molecule has 1 aliphatic rings. The van der Waals surface area contributed by atoms with E-state index in [1.165, 1.54) is 0 Å². The van der Waals surface area contributed by atoms with Crippen LogP contribution in [0.25, 0.3) is 0 Å². The standard InChI is InChI=1S/C13H18N2O2/c1-9-5-3-6-10(2)11(9)15-13(12(16)17)7-4-8-14-13/h3,5-6,14-15H,4,7-8H2,1-2H3,(H,16,17)/t13-/m1/s1. The molecule has 1 aliphatic heterocycles. The quantitative estimate of drug-likeness (QED) is 0.747. The first-order valence-electron chi connectivity index (χ1n) is 5.88. The van der Waals surface area contributed by atoms with Gasteiger partial charge in [0.1, 0.15) is 0 Å². The second-order valence-corrected chi connectivity index (χ2v) is 4.63. The lowest BCUT2D eigenvalue weighted by Crippen LogP contribution is -2.54. The first-order valence-corrected chi connectivity index (χ1v) is 5.88. The molecule has 2 rings (SSSR count). The molecule has 1 fully saturated rings. The molecule has 4 nitrogen and oxygen atoms in total. The third-order valence-corrected chi connectivity index (χ3v) is 3.34. The summed E-state index contributed by atoms with van der Waals surface area (Å²) in [6.07, 6.45) is 1.49. The summed E-state index contributed by atoms with van der Waals surface area (Å²) in [5.41, 5.74) is 2.06. The fourth-order valence-electron chi connectivity index (χ4n) is 2.31. The highest BCUT2D eigenvalue weighted by atomic mass is 16.4. The molecule has 1 heterocycles. The van der Waals surface area contributed by atoms with Crippen LogP contribution in [-0.2, 0) is 4.79 Å². The van der Waals surface area contributed by atoms with Crippen molar-refractivity contribution in [3.05, 3.63) is 29.3 Å². The third-order valence-electron chi connectivity index (χ3n) is 3.34. The fraction of sp³-hybridized carbons (Fsp3) is 0.462. The Kier molecular flexibility index (Phi) is 3.07. The average molecular weight is 234 g/mol. The summed E-state index contributed by atoms with van der Waals surface area (Å²) >= 11 is 0. The van der Waals surface area contributed by atoms with Gasteiger partial charge >= 0.3 is 5.97 Å². The number of nitrogens with one attached hydrogen (secondary N) is 2. The van der Waals surface area contributed by atoms with Crippen molar-refractivity contribution in [2.45, 2.75) is 32.4 Å². The summed E-state index contributed by atoms with van der Waals surface area (Å²) in [4.78, 5) is 11.4. The summed E-state index contributed by atoms with van der Waals surface area (Å²) < 4.78 is 0. The molecule has 0 unspecified atom stereocenters. The van der Waals surface area contributed by atoms with E-state index in [1.807, 2.05) is 32.0 Å². The fourth-order valence-corrected chi connectivity index (χ4v) is 2.31. The predicted octanol–water partition coefficient (Wildman–Crippen LogP) is 1.88. The van der Waals surface area contributed by atoms with Crippen molar-refractivity contribution in [3.8, 4) is 0 Å². The van der Waals surface area contributed by atoms with Crippen molar-refractivity contribution in [2.24, 2.45) is 0 Å². The lowest BCUT2D eigenvalue weighted by atomic mass is 10.0. The number of hydrogen-bond donors (Lipinski definition) is 3. The summed E-state index contributed by atoms with van der Waals surface area (Å²) in [5, 5.41) is 15.6. The van der Waals surface area contributed by atoms with Crippen molar-refractivity contribution >= 4 is 11.7 Å². The van der Waals surface area contributed by atoms with Gasteiger partial charge in [-0.2, -0.15) is 0 Å². The van der Waals surface area contributed by atoms with Gasteiger partial charge in [-0.05, 0) is 44.4 Å². The number of anilines is 1. The van der Waals surface area contributed by atoms with E-state index in [0.29, 0.717) is 6.42 Å². The molecule has 1 aromatic carbocycles. The van der Waals surface area contributed by atoms with E-state index in [9.17, 15) is 9.90 Å². The summed E-state index contributed by atoms with van der Waals surface area (Å²) in [7, 11) is 0. The summed E-state index contributed by atoms with van der Waals surface area (Å²) in [5.74, 6) is -0.836. The Balaban J connectivity index is 2.33. The minimum Gasteiger partial charge on any atom is -0.478 e. The van der Waals surface area contributed by atoms with Crippen molar-refractivity contribution in [1.29, 1.82) is 0 Å². The van der Waals surface area contributed by atoms with Gasteiger partial charge in [-0.1, -0.05) is 18.2 Å². The highest BCUT2D eigenvalue weighted by Gasteiger charge is 2.41. The van der Waals surface area contributed by atoms with Gasteiger partial charge in [-0.3, -0.25) is 5.32 Å². The number of benzene rings is 1. The number of para-hydroxylation sites is 1. The molecule has 1 atom stereocenters. The second kappa shape index (κ2) is 4.37. The van der Waals surface area contributed by atoms with Gasteiger partial charge < -0.3 is 10.4 Å². The molecule has 0 bridgehead atoms. The van der Waals surface area contributed by atoms with Crippen molar-refractivity contribution in [3.63, 3.8) is 0 Å². The number of rotatable bonds is 3. The molecule has 17 heavy (non-hydrogen) atoms. The van der Waals surface area contributed by atoms with Crippen LogP contribution in [0.3, 0.4) is 0 Å². The zero-order chi connectivity index (χ0) is 12.5. The molecule has 1 aromatic rings. The summed E-state index contributed by atoms with van der Waals surface area (Å²) in [6, 6.07) is 5.95. The molecule has 92 valence electrons. The number of aliphatic carboxylic acids is 1. The van der Waals surface area contributed by atoms with Crippen LogP contribution in [-0.4, -0.2) is 23.3 Å². The maximum absolute atomic E-state index is 11.4. The Hall–Kier alpha value is -1.55. The predicted molar refractivity (Wildman–Crippen MR) is 67.1 cm³/mol. The third kappa shape index (κ3) is 2.13. The van der Waals surface area contributed by atoms with Crippen LogP contribution in [0.1, 0.15) is 24.0 Å².